The van der Waals surface area contributed by atoms with Gasteiger partial charge in [0.05, 0.1) is 17.8 Å². The van der Waals surface area contributed by atoms with Crippen LogP contribution in [-0.2, 0) is 0 Å². The van der Waals surface area contributed by atoms with Crippen LogP contribution in [0.1, 0.15) is 15.9 Å². The van der Waals surface area contributed by atoms with Crippen LogP contribution in [0.25, 0.3) is 0 Å². The van der Waals surface area contributed by atoms with Crippen molar-refractivity contribution in [3.8, 4) is 11.5 Å². The maximum Gasteiger partial charge on any atom is 0.271 e. The average molecular weight is 390 g/mol. The Morgan fingerprint density at radius 1 is 1.42 bits per heavy atom. The van der Waals surface area contributed by atoms with Crippen molar-refractivity contribution in [1.29, 1.82) is 0 Å². The largest absolute Gasteiger partial charge is 0.493 e. The van der Waals surface area contributed by atoms with Gasteiger partial charge in [-0.2, -0.15) is 5.10 Å². The molecule has 0 aliphatic rings. The highest BCUT2D eigenvalue weighted by molar-refractivity contribution is 9.10. The lowest BCUT2D eigenvalue weighted by atomic mass is 10.2. The molecule has 0 unspecified atom stereocenters. The first-order valence-corrected chi connectivity index (χ1v) is 7.79. The van der Waals surface area contributed by atoms with Gasteiger partial charge in [-0.3, -0.25) is 9.78 Å². The summed E-state index contributed by atoms with van der Waals surface area (Å²) in [4.78, 5) is 15.7. The minimum atomic E-state index is -0.314. The Labute approximate surface area is 148 Å². The zero-order valence-electron chi connectivity index (χ0n) is 13.0. The van der Waals surface area contributed by atoms with Crippen LogP contribution in [0.5, 0.6) is 11.5 Å². The molecule has 7 heteroatoms. The summed E-state index contributed by atoms with van der Waals surface area (Å²) >= 11 is 3.43. The summed E-state index contributed by atoms with van der Waals surface area (Å²) in [6.45, 7) is 3.98. The van der Waals surface area contributed by atoms with Gasteiger partial charge >= 0.3 is 0 Å². The van der Waals surface area contributed by atoms with E-state index in [9.17, 15) is 4.79 Å². The highest BCUT2D eigenvalue weighted by atomic mass is 79.9. The number of aromatic nitrogens is 1. The number of benzene rings is 1. The molecule has 24 heavy (non-hydrogen) atoms. The number of carbonyl (C=O) groups excluding carboxylic acids is 1. The molecule has 6 nitrogen and oxygen atoms in total. The molecule has 2 rings (SSSR count). The van der Waals surface area contributed by atoms with E-state index in [2.05, 4.69) is 38.0 Å². The Kier molecular flexibility index (Phi) is 6.51. The van der Waals surface area contributed by atoms with Crippen LogP contribution in [0.15, 0.2) is 58.9 Å². The van der Waals surface area contributed by atoms with Crippen LogP contribution >= 0.6 is 15.9 Å². The van der Waals surface area contributed by atoms with Crippen molar-refractivity contribution in [3.63, 3.8) is 0 Å². The molecule has 0 aliphatic carbocycles. The Morgan fingerprint density at radius 2 is 2.17 bits per heavy atom. The summed E-state index contributed by atoms with van der Waals surface area (Å²) in [5.41, 5.74) is 3.67. The van der Waals surface area contributed by atoms with Crippen LogP contribution in [0.4, 0.5) is 0 Å². The minimum absolute atomic E-state index is 0.314. The van der Waals surface area contributed by atoms with E-state index in [1.807, 2.05) is 6.07 Å². The van der Waals surface area contributed by atoms with Gasteiger partial charge in [-0.15, -0.1) is 0 Å². The van der Waals surface area contributed by atoms with Gasteiger partial charge in [0.2, 0.25) is 0 Å². The molecule has 1 heterocycles. The van der Waals surface area contributed by atoms with E-state index in [1.54, 1.807) is 43.8 Å². The molecule has 1 aromatic carbocycles. The summed E-state index contributed by atoms with van der Waals surface area (Å²) in [7, 11) is 1.55. The number of hydrogen-bond donors (Lipinski definition) is 1. The molecule has 0 bridgehead atoms. The van der Waals surface area contributed by atoms with Gasteiger partial charge in [-0.25, -0.2) is 5.43 Å². The van der Waals surface area contributed by atoms with Crippen molar-refractivity contribution in [2.75, 3.05) is 13.7 Å². The van der Waals surface area contributed by atoms with Gasteiger partial charge in [0, 0.05) is 18.0 Å². The number of halogens is 1. The van der Waals surface area contributed by atoms with Crippen molar-refractivity contribution in [3.05, 3.63) is 64.9 Å². The Morgan fingerprint density at radius 3 is 2.83 bits per heavy atom. The molecule has 0 radical (unpaired) electrons. The van der Waals surface area contributed by atoms with Crippen molar-refractivity contribution in [2.24, 2.45) is 5.10 Å². The first-order valence-electron chi connectivity index (χ1n) is 7.00. The standard InChI is InChI=1S/C17H16BrN3O3/c1-3-8-24-16-14(18)9-12(10-15(16)23-2)11-20-21-17(22)13-4-6-19-7-5-13/h3-7,9-11H,1,8H2,2H3,(H,21,22)/b20-11-. The third-order valence-electron chi connectivity index (χ3n) is 2.92. The third kappa shape index (κ3) is 4.66. The molecule has 0 aliphatic heterocycles. The zero-order valence-corrected chi connectivity index (χ0v) is 14.6. The van der Waals surface area contributed by atoms with Crippen LogP contribution in [0, 0.1) is 0 Å². The molecule has 2 aromatic rings. The SMILES string of the molecule is C=CCOc1c(Br)cc(/C=N\NC(=O)c2ccncc2)cc1OC. The molecular weight excluding hydrogens is 374 g/mol. The Bertz CT molecular complexity index is 748. The fourth-order valence-electron chi connectivity index (χ4n) is 1.83. The minimum Gasteiger partial charge on any atom is -0.493 e. The van der Waals surface area contributed by atoms with Gasteiger partial charge in [0.25, 0.3) is 5.91 Å². The quantitative estimate of drug-likeness (QED) is 0.448. The van der Waals surface area contributed by atoms with Crippen molar-refractivity contribution in [1.82, 2.24) is 10.4 Å². The van der Waals surface area contributed by atoms with E-state index in [0.29, 0.717) is 28.1 Å². The molecule has 0 saturated carbocycles. The molecular formula is C17H16BrN3O3. The van der Waals surface area contributed by atoms with Gasteiger partial charge < -0.3 is 9.47 Å². The lowest BCUT2D eigenvalue weighted by Gasteiger charge is -2.12. The van der Waals surface area contributed by atoms with Crippen molar-refractivity contribution in [2.45, 2.75) is 0 Å². The van der Waals surface area contributed by atoms with Crippen molar-refractivity contribution >= 4 is 28.1 Å². The maximum atomic E-state index is 11.9. The van der Waals surface area contributed by atoms with E-state index in [1.165, 1.54) is 6.21 Å². The first kappa shape index (κ1) is 17.7. The number of methoxy groups -OCH3 is 1. The second-order valence-electron chi connectivity index (χ2n) is 4.57. The predicted molar refractivity (Wildman–Crippen MR) is 95.7 cm³/mol. The van der Waals surface area contributed by atoms with Crippen LogP contribution in [-0.4, -0.2) is 30.8 Å². The van der Waals surface area contributed by atoms with E-state index < -0.39 is 0 Å². The molecule has 0 saturated heterocycles. The Hall–Kier alpha value is -2.67. The van der Waals surface area contributed by atoms with E-state index in [0.717, 1.165) is 5.56 Å². The van der Waals surface area contributed by atoms with E-state index in [4.69, 9.17) is 9.47 Å². The van der Waals surface area contributed by atoms with Gasteiger partial charge in [0.15, 0.2) is 11.5 Å². The topological polar surface area (TPSA) is 72.8 Å². The monoisotopic (exact) mass is 389 g/mol. The third-order valence-corrected chi connectivity index (χ3v) is 3.51. The summed E-state index contributed by atoms with van der Waals surface area (Å²) in [5, 5.41) is 3.95. The molecule has 0 spiro atoms. The lowest BCUT2D eigenvalue weighted by molar-refractivity contribution is 0.0955. The summed E-state index contributed by atoms with van der Waals surface area (Å²) in [6, 6.07) is 6.78. The second-order valence-corrected chi connectivity index (χ2v) is 5.42. The number of hydrogen-bond acceptors (Lipinski definition) is 5. The van der Waals surface area contributed by atoms with Gasteiger partial charge in [-0.1, -0.05) is 12.7 Å². The number of nitrogens with one attached hydrogen (secondary N) is 1. The first-order chi connectivity index (χ1) is 11.7. The highest BCUT2D eigenvalue weighted by Gasteiger charge is 2.10. The smallest absolute Gasteiger partial charge is 0.271 e. The number of rotatable bonds is 7. The Balaban J connectivity index is 2.10. The van der Waals surface area contributed by atoms with E-state index in [-0.39, 0.29) is 5.91 Å². The predicted octanol–water partition coefficient (Wildman–Crippen LogP) is 3.18. The molecule has 1 N–H and O–H groups in total. The number of hydrazone groups is 1. The number of pyridine rings is 1. The average Bonchev–Trinajstić information content (AvgIpc) is 2.61. The number of amides is 1. The zero-order chi connectivity index (χ0) is 17.4. The maximum absolute atomic E-state index is 11.9. The highest BCUT2D eigenvalue weighted by Crippen LogP contribution is 2.36. The summed E-state index contributed by atoms with van der Waals surface area (Å²) < 4.78 is 11.6. The molecule has 124 valence electrons. The molecule has 1 aromatic heterocycles. The summed E-state index contributed by atoms with van der Waals surface area (Å²) in [5.74, 6) is 0.814. The lowest BCUT2D eigenvalue weighted by Crippen LogP contribution is -2.17. The van der Waals surface area contributed by atoms with Crippen LogP contribution in [0.2, 0.25) is 0 Å². The second kappa shape index (κ2) is 8.83. The number of ether oxygens (including phenoxy) is 2. The van der Waals surface area contributed by atoms with Gasteiger partial charge in [-0.05, 0) is 45.8 Å². The van der Waals surface area contributed by atoms with Crippen LogP contribution in [0.3, 0.4) is 0 Å². The van der Waals surface area contributed by atoms with Crippen LogP contribution < -0.4 is 14.9 Å². The normalized spacial score (nSPS) is 10.4. The molecule has 1 amide bonds. The van der Waals surface area contributed by atoms with Gasteiger partial charge in [0.1, 0.15) is 6.61 Å². The fraction of sp³-hybridized carbons (Fsp3) is 0.118. The van der Waals surface area contributed by atoms with E-state index >= 15 is 0 Å². The fourth-order valence-corrected chi connectivity index (χ4v) is 2.40. The number of nitrogens with zero attached hydrogens (tertiary/aromatic N) is 2. The number of carbonyl (C=O) groups is 1. The molecule has 0 fully saturated rings. The van der Waals surface area contributed by atoms with Crippen molar-refractivity contribution < 1.29 is 14.3 Å². The summed E-state index contributed by atoms with van der Waals surface area (Å²) in [6.07, 6.45) is 6.25. The molecule has 0 atom stereocenters.